The fourth-order valence-electron chi connectivity index (χ4n) is 2.03. The molecule has 8 heteroatoms. The van der Waals surface area contributed by atoms with Crippen molar-refractivity contribution in [2.45, 2.75) is 0 Å². The van der Waals surface area contributed by atoms with E-state index in [1.165, 1.54) is 18.5 Å². The summed E-state index contributed by atoms with van der Waals surface area (Å²) >= 11 is 6.89. The van der Waals surface area contributed by atoms with Gasteiger partial charge in [0.05, 0.1) is 10.4 Å². The fourth-order valence-corrected chi connectivity index (χ4v) is 3.35. The van der Waals surface area contributed by atoms with Gasteiger partial charge in [-0.3, -0.25) is 10.1 Å². The molecule has 2 aromatic carbocycles. The minimum atomic E-state index is -0.434. The minimum absolute atomic E-state index is 0.0192. The number of non-ortho nitro benzene ring substituents is 1. The first-order valence-corrected chi connectivity index (χ1v) is 7.74. The highest BCUT2D eigenvalue weighted by Crippen LogP contribution is 2.31. The first kappa shape index (κ1) is 14.9. The number of fused-ring (bicyclic) bond motifs is 1. The van der Waals surface area contributed by atoms with Crippen LogP contribution in [0.3, 0.4) is 0 Å². The van der Waals surface area contributed by atoms with Gasteiger partial charge in [-0.05, 0) is 34.1 Å². The van der Waals surface area contributed by atoms with Gasteiger partial charge in [-0.25, -0.2) is 9.97 Å². The molecule has 22 heavy (non-hydrogen) atoms. The third-order valence-electron chi connectivity index (χ3n) is 2.98. The Morgan fingerprint density at radius 3 is 2.73 bits per heavy atom. The van der Waals surface area contributed by atoms with Crippen LogP contribution >= 0.6 is 31.9 Å². The van der Waals surface area contributed by atoms with Crippen molar-refractivity contribution >= 4 is 60.0 Å². The van der Waals surface area contributed by atoms with Crippen LogP contribution in [0, 0.1) is 10.1 Å². The summed E-state index contributed by atoms with van der Waals surface area (Å²) < 4.78 is 1.71. The largest absolute Gasteiger partial charge is 0.339 e. The van der Waals surface area contributed by atoms with Crippen LogP contribution < -0.4 is 5.32 Å². The quantitative estimate of drug-likeness (QED) is 0.483. The second-order valence-corrected chi connectivity index (χ2v) is 6.21. The number of anilines is 2. The predicted molar refractivity (Wildman–Crippen MR) is 91.3 cm³/mol. The molecule has 0 saturated carbocycles. The Bertz CT molecular complexity index is 886. The smallest absolute Gasteiger partial charge is 0.271 e. The normalized spacial score (nSPS) is 10.6. The zero-order valence-electron chi connectivity index (χ0n) is 11.0. The number of hydrogen-bond donors (Lipinski definition) is 1. The number of benzene rings is 2. The summed E-state index contributed by atoms with van der Waals surface area (Å²) in [6.45, 7) is 0. The number of rotatable bonds is 3. The standard InChI is InChI=1S/C14H8Br2N4O2/c15-8-4-11-13(12(16)5-8)17-7-18-14(11)19-9-2-1-3-10(6-9)20(21)22/h1-7H,(H,17,18,19). The number of nitrogens with one attached hydrogen (secondary N) is 1. The Morgan fingerprint density at radius 2 is 1.95 bits per heavy atom. The minimum Gasteiger partial charge on any atom is -0.339 e. The summed E-state index contributed by atoms with van der Waals surface area (Å²) in [5, 5.41) is 14.7. The van der Waals surface area contributed by atoms with Crippen molar-refractivity contribution in [1.82, 2.24) is 9.97 Å². The van der Waals surface area contributed by atoms with Crippen molar-refractivity contribution in [2.24, 2.45) is 0 Å². The lowest BCUT2D eigenvalue weighted by Crippen LogP contribution is -1.97. The molecule has 1 N–H and O–H groups in total. The third kappa shape index (κ3) is 2.93. The third-order valence-corrected chi connectivity index (χ3v) is 4.04. The Kier molecular flexibility index (Phi) is 4.04. The number of nitro groups is 1. The second-order valence-electron chi connectivity index (χ2n) is 4.44. The molecule has 0 saturated heterocycles. The van der Waals surface area contributed by atoms with Crippen LogP contribution in [0.25, 0.3) is 10.9 Å². The van der Waals surface area contributed by atoms with Gasteiger partial charge in [0.1, 0.15) is 12.1 Å². The molecule has 0 atom stereocenters. The maximum Gasteiger partial charge on any atom is 0.271 e. The van der Waals surface area contributed by atoms with E-state index in [4.69, 9.17) is 0 Å². The molecule has 0 unspecified atom stereocenters. The lowest BCUT2D eigenvalue weighted by Gasteiger charge is -2.09. The zero-order chi connectivity index (χ0) is 15.7. The summed E-state index contributed by atoms with van der Waals surface area (Å²) in [5.41, 5.74) is 1.36. The molecule has 1 heterocycles. The van der Waals surface area contributed by atoms with Crippen molar-refractivity contribution in [3.05, 3.63) is 61.8 Å². The lowest BCUT2D eigenvalue weighted by atomic mass is 10.2. The summed E-state index contributed by atoms with van der Waals surface area (Å²) in [7, 11) is 0. The van der Waals surface area contributed by atoms with Gasteiger partial charge in [-0.15, -0.1) is 0 Å². The number of nitrogens with zero attached hydrogens (tertiary/aromatic N) is 3. The van der Waals surface area contributed by atoms with Crippen LogP contribution in [0.5, 0.6) is 0 Å². The number of nitro benzene ring substituents is 1. The fraction of sp³-hybridized carbons (Fsp3) is 0. The van der Waals surface area contributed by atoms with Crippen LogP contribution in [-0.4, -0.2) is 14.9 Å². The van der Waals surface area contributed by atoms with Gasteiger partial charge in [0, 0.05) is 32.2 Å². The van der Waals surface area contributed by atoms with E-state index in [0.29, 0.717) is 11.5 Å². The average molecular weight is 424 g/mol. The van der Waals surface area contributed by atoms with Crippen LogP contribution in [0.2, 0.25) is 0 Å². The maximum absolute atomic E-state index is 10.8. The number of halogens is 2. The maximum atomic E-state index is 10.8. The van der Waals surface area contributed by atoms with E-state index < -0.39 is 4.92 Å². The monoisotopic (exact) mass is 422 g/mol. The molecule has 3 rings (SSSR count). The predicted octanol–water partition coefficient (Wildman–Crippen LogP) is 4.81. The van der Waals surface area contributed by atoms with E-state index >= 15 is 0 Å². The molecule has 0 bridgehead atoms. The molecule has 1 aromatic heterocycles. The zero-order valence-corrected chi connectivity index (χ0v) is 14.1. The van der Waals surface area contributed by atoms with Gasteiger partial charge in [0.2, 0.25) is 0 Å². The molecule has 0 aliphatic heterocycles. The first-order chi connectivity index (χ1) is 10.5. The van der Waals surface area contributed by atoms with Crippen molar-refractivity contribution in [3.63, 3.8) is 0 Å². The van der Waals surface area contributed by atoms with Crippen LogP contribution in [0.4, 0.5) is 17.2 Å². The molecule has 3 aromatic rings. The number of aromatic nitrogens is 2. The van der Waals surface area contributed by atoms with Crippen LogP contribution in [0.15, 0.2) is 51.7 Å². The molecule has 0 spiro atoms. The Morgan fingerprint density at radius 1 is 1.14 bits per heavy atom. The lowest BCUT2D eigenvalue weighted by molar-refractivity contribution is -0.384. The van der Waals surface area contributed by atoms with Crippen LogP contribution in [0.1, 0.15) is 0 Å². The van der Waals surface area contributed by atoms with E-state index in [9.17, 15) is 10.1 Å². The molecule has 110 valence electrons. The highest BCUT2D eigenvalue weighted by molar-refractivity contribution is 9.11. The SMILES string of the molecule is O=[N+]([O-])c1cccc(Nc2ncnc3c(Br)cc(Br)cc23)c1. The van der Waals surface area contributed by atoms with Crippen molar-refractivity contribution in [3.8, 4) is 0 Å². The molecular weight excluding hydrogens is 416 g/mol. The summed E-state index contributed by atoms with van der Waals surface area (Å²) in [5.74, 6) is 0.576. The molecule has 0 radical (unpaired) electrons. The van der Waals surface area contributed by atoms with E-state index in [1.54, 1.807) is 12.1 Å². The van der Waals surface area contributed by atoms with Crippen molar-refractivity contribution < 1.29 is 4.92 Å². The average Bonchev–Trinajstić information content (AvgIpc) is 2.48. The Balaban J connectivity index is 2.08. The van der Waals surface area contributed by atoms with Gasteiger partial charge in [-0.2, -0.15) is 0 Å². The van der Waals surface area contributed by atoms with Gasteiger partial charge >= 0.3 is 0 Å². The molecule has 6 nitrogen and oxygen atoms in total. The van der Waals surface area contributed by atoms with Crippen molar-refractivity contribution in [2.75, 3.05) is 5.32 Å². The Labute approximate surface area is 142 Å². The van der Waals surface area contributed by atoms with Gasteiger partial charge in [0.15, 0.2) is 0 Å². The first-order valence-electron chi connectivity index (χ1n) is 6.16. The molecule has 0 aliphatic rings. The van der Waals surface area contributed by atoms with E-state index in [2.05, 4.69) is 47.1 Å². The van der Waals surface area contributed by atoms with Gasteiger partial charge in [-0.1, -0.05) is 22.0 Å². The highest BCUT2D eigenvalue weighted by atomic mass is 79.9. The summed E-state index contributed by atoms with van der Waals surface area (Å²) in [6, 6.07) is 10.0. The van der Waals surface area contributed by atoms with Crippen LogP contribution in [-0.2, 0) is 0 Å². The Hall–Kier alpha value is -2.06. The highest BCUT2D eigenvalue weighted by Gasteiger charge is 2.10. The summed E-state index contributed by atoms with van der Waals surface area (Å²) in [6.07, 6.45) is 1.45. The van der Waals surface area contributed by atoms with Gasteiger partial charge < -0.3 is 5.32 Å². The second kappa shape index (κ2) is 5.98. The van der Waals surface area contributed by atoms with E-state index in [1.807, 2.05) is 12.1 Å². The molecule has 0 fully saturated rings. The molecular formula is C14H8Br2N4O2. The van der Waals surface area contributed by atoms with E-state index in [-0.39, 0.29) is 5.69 Å². The summed E-state index contributed by atoms with van der Waals surface area (Å²) in [4.78, 5) is 18.9. The molecule has 0 aliphatic carbocycles. The number of hydrogen-bond acceptors (Lipinski definition) is 5. The van der Waals surface area contributed by atoms with E-state index in [0.717, 1.165) is 19.8 Å². The topological polar surface area (TPSA) is 81.0 Å². The van der Waals surface area contributed by atoms with Gasteiger partial charge in [0.25, 0.3) is 5.69 Å². The molecule has 0 amide bonds. The van der Waals surface area contributed by atoms with Crippen molar-refractivity contribution in [1.29, 1.82) is 0 Å².